The molecule has 106 valence electrons. The lowest BCUT2D eigenvalue weighted by Crippen LogP contribution is -1.98. The summed E-state index contributed by atoms with van der Waals surface area (Å²) >= 11 is 2.90. The van der Waals surface area contributed by atoms with Crippen LogP contribution in [0, 0.1) is 20.2 Å². The summed E-state index contributed by atoms with van der Waals surface area (Å²) in [6.45, 7) is 0. The van der Waals surface area contributed by atoms with Gasteiger partial charge in [-0.1, -0.05) is 0 Å². The molecule has 0 unspecified atom stereocenters. The lowest BCUT2D eigenvalue weighted by molar-refractivity contribution is -0.393. The first-order valence-electron chi connectivity index (χ1n) is 4.01. The minimum Gasteiger partial charge on any atom is -0.392 e. The highest BCUT2D eigenvalue weighted by atomic mass is 79.9. The normalized spacial score (nSPS) is 10.3. The van der Waals surface area contributed by atoms with Crippen LogP contribution >= 0.6 is 15.9 Å². The van der Waals surface area contributed by atoms with Crippen molar-refractivity contribution in [3.8, 4) is 0 Å². The van der Waals surface area contributed by atoms with Crippen LogP contribution < -0.4 is 5.73 Å². The van der Waals surface area contributed by atoms with Crippen LogP contribution in [-0.2, 0) is 10.4 Å². The van der Waals surface area contributed by atoms with E-state index in [2.05, 4.69) is 15.9 Å². The molecule has 0 aliphatic rings. The number of nitrogens with zero attached hydrogens (tertiary/aromatic N) is 2. The zero-order valence-electron chi connectivity index (χ0n) is 8.76. The van der Waals surface area contributed by atoms with Gasteiger partial charge < -0.3 is 5.73 Å². The van der Waals surface area contributed by atoms with Crippen LogP contribution in [0.15, 0.2) is 16.6 Å². The number of anilines is 1. The number of halogens is 1. The van der Waals surface area contributed by atoms with Gasteiger partial charge in [-0.05, 0) is 15.9 Å². The Balaban J connectivity index is 0.000000555. The summed E-state index contributed by atoms with van der Waals surface area (Å²) in [6, 6.07) is 1.93. The molecule has 1 aromatic rings. The number of benzene rings is 1. The lowest BCUT2D eigenvalue weighted by Gasteiger charge is -1.99. The average Bonchev–Trinajstić information content (AvgIpc) is 2.18. The Labute approximate surface area is 114 Å². The van der Waals surface area contributed by atoms with Crippen molar-refractivity contribution in [3.05, 3.63) is 36.8 Å². The van der Waals surface area contributed by atoms with Crippen LogP contribution in [0.2, 0.25) is 0 Å². The van der Waals surface area contributed by atoms with E-state index in [-0.39, 0.29) is 15.8 Å². The van der Waals surface area contributed by atoms with Gasteiger partial charge in [0.1, 0.15) is 5.69 Å². The maximum absolute atomic E-state index is 10.4. The van der Waals surface area contributed by atoms with Gasteiger partial charge in [-0.15, -0.1) is 0 Å². The molecule has 11 nitrogen and oxygen atoms in total. The second-order valence-electron chi connectivity index (χ2n) is 2.82. The molecule has 0 saturated heterocycles. The van der Waals surface area contributed by atoms with Gasteiger partial charge in [-0.25, -0.2) is 0 Å². The zero-order valence-corrected chi connectivity index (χ0v) is 11.2. The molecule has 0 aliphatic heterocycles. The van der Waals surface area contributed by atoms with Crippen molar-refractivity contribution in [2.24, 2.45) is 0 Å². The monoisotopic (exact) mass is 359 g/mol. The van der Waals surface area contributed by atoms with E-state index < -0.39 is 25.9 Å². The molecule has 0 saturated carbocycles. The molecule has 0 heterocycles. The summed E-state index contributed by atoms with van der Waals surface area (Å²) in [5.41, 5.74) is 4.36. The van der Waals surface area contributed by atoms with Gasteiger partial charge in [0.2, 0.25) is 0 Å². The molecule has 0 aromatic heterocycles. The molecule has 0 aliphatic carbocycles. The van der Waals surface area contributed by atoms with E-state index in [1.54, 1.807) is 0 Å². The summed E-state index contributed by atoms with van der Waals surface area (Å²) < 4.78 is 31.7. The molecule has 19 heavy (non-hydrogen) atoms. The molecule has 1 rings (SSSR count). The molecule has 0 radical (unpaired) electrons. The summed E-state index contributed by atoms with van der Waals surface area (Å²) in [7, 11) is -4.67. The second-order valence-corrected chi connectivity index (χ2v) is 4.57. The fourth-order valence-corrected chi connectivity index (χ4v) is 1.28. The molecule has 0 atom stereocenters. The number of nitrogens with two attached hydrogens (primary N) is 1. The third kappa shape index (κ3) is 6.61. The Morgan fingerprint density at radius 3 is 1.89 bits per heavy atom. The number of hydrogen-bond acceptors (Lipinski definition) is 7. The molecule has 0 amide bonds. The Bertz CT molecular complexity index is 607. The zero-order chi connectivity index (χ0) is 15.4. The van der Waals surface area contributed by atoms with Crippen LogP contribution in [0.3, 0.4) is 0 Å². The van der Waals surface area contributed by atoms with E-state index in [0.717, 1.165) is 12.1 Å². The Morgan fingerprint density at radius 2 is 1.58 bits per heavy atom. The van der Waals surface area contributed by atoms with Crippen molar-refractivity contribution in [2.75, 3.05) is 5.73 Å². The number of nitro groups is 2. The second kappa shape index (κ2) is 6.37. The number of nitrogen functional groups attached to an aromatic ring is 1. The predicted octanol–water partition coefficient (Wildman–Crippen LogP) is 1.19. The van der Waals surface area contributed by atoms with Crippen LogP contribution in [0.25, 0.3) is 0 Å². The topological polar surface area (TPSA) is 187 Å². The van der Waals surface area contributed by atoms with Gasteiger partial charge in [-0.3, -0.25) is 29.3 Å². The highest BCUT2D eigenvalue weighted by Crippen LogP contribution is 2.33. The van der Waals surface area contributed by atoms with E-state index in [4.69, 9.17) is 23.3 Å². The van der Waals surface area contributed by atoms with Gasteiger partial charge in [0.15, 0.2) is 0 Å². The van der Waals surface area contributed by atoms with Crippen LogP contribution in [0.1, 0.15) is 0 Å². The van der Waals surface area contributed by atoms with Crippen LogP contribution in [0.5, 0.6) is 0 Å². The molecule has 0 fully saturated rings. The molecule has 4 N–H and O–H groups in total. The third-order valence-electron chi connectivity index (χ3n) is 1.50. The number of non-ortho nitro benzene ring substituents is 1. The van der Waals surface area contributed by atoms with Crippen molar-refractivity contribution in [3.63, 3.8) is 0 Å². The Kier molecular flexibility index (Phi) is 5.76. The first-order chi connectivity index (χ1) is 8.43. The smallest absolute Gasteiger partial charge is 0.392 e. The molecule has 0 spiro atoms. The van der Waals surface area contributed by atoms with Crippen molar-refractivity contribution in [1.29, 1.82) is 0 Å². The van der Waals surface area contributed by atoms with E-state index in [1.165, 1.54) is 0 Å². The quantitative estimate of drug-likeness (QED) is 0.301. The highest BCUT2D eigenvalue weighted by molar-refractivity contribution is 9.10. The minimum absolute atomic E-state index is 0.124. The summed E-state index contributed by atoms with van der Waals surface area (Å²) in [6.07, 6.45) is 0. The fraction of sp³-hybridized carbons (Fsp3) is 0. The molecule has 0 bridgehead atoms. The van der Waals surface area contributed by atoms with Crippen LogP contribution in [0.4, 0.5) is 17.1 Å². The lowest BCUT2D eigenvalue weighted by atomic mass is 10.2. The Hall–Kier alpha value is -1.83. The summed E-state index contributed by atoms with van der Waals surface area (Å²) in [5, 5.41) is 20.8. The Morgan fingerprint density at radius 1 is 1.16 bits per heavy atom. The molecule has 1 aromatic carbocycles. The standard InChI is InChI=1S/C6H4BrN3O4.H2O4S/c7-4-1-3(9(11)12)2-5(6(4)8)10(13)14;1-5(2,3)4/h1-2H,8H2;(H2,1,2,3,4). The van der Waals surface area contributed by atoms with Gasteiger partial charge in [0.25, 0.3) is 11.4 Å². The average molecular weight is 360 g/mol. The number of hydrogen-bond donors (Lipinski definition) is 3. The maximum atomic E-state index is 10.4. The van der Waals surface area contributed by atoms with Gasteiger partial charge in [0.05, 0.1) is 20.4 Å². The van der Waals surface area contributed by atoms with Crippen LogP contribution in [-0.4, -0.2) is 27.4 Å². The number of rotatable bonds is 2. The molecular weight excluding hydrogens is 354 g/mol. The minimum atomic E-state index is -4.67. The highest BCUT2D eigenvalue weighted by Gasteiger charge is 2.20. The van der Waals surface area contributed by atoms with E-state index in [9.17, 15) is 20.2 Å². The van der Waals surface area contributed by atoms with Crippen molar-refractivity contribution in [2.45, 2.75) is 0 Å². The SMILES string of the molecule is Nc1c(Br)cc([N+](=O)[O-])cc1[N+](=O)[O-].O=S(=O)(O)O. The summed E-state index contributed by atoms with van der Waals surface area (Å²) in [4.78, 5) is 19.3. The van der Waals surface area contributed by atoms with E-state index in [0.29, 0.717) is 0 Å². The molecular formula is C6H6BrN3O8S. The number of nitro benzene ring substituents is 2. The molecule has 13 heteroatoms. The maximum Gasteiger partial charge on any atom is 0.394 e. The van der Waals surface area contributed by atoms with Gasteiger partial charge in [0, 0.05) is 6.07 Å². The largest absolute Gasteiger partial charge is 0.394 e. The third-order valence-corrected chi connectivity index (χ3v) is 2.16. The van der Waals surface area contributed by atoms with Gasteiger partial charge >= 0.3 is 10.4 Å². The predicted molar refractivity (Wildman–Crippen MR) is 66.0 cm³/mol. The van der Waals surface area contributed by atoms with E-state index in [1.807, 2.05) is 0 Å². The first kappa shape index (κ1) is 17.2. The fourth-order valence-electron chi connectivity index (χ4n) is 0.846. The van der Waals surface area contributed by atoms with E-state index >= 15 is 0 Å². The van der Waals surface area contributed by atoms with Crippen molar-refractivity contribution in [1.82, 2.24) is 0 Å². The van der Waals surface area contributed by atoms with Crippen molar-refractivity contribution >= 4 is 43.4 Å². The first-order valence-corrected chi connectivity index (χ1v) is 6.20. The van der Waals surface area contributed by atoms with Crippen molar-refractivity contribution < 1.29 is 27.4 Å². The van der Waals surface area contributed by atoms with Gasteiger partial charge in [-0.2, -0.15) is 8.42 Å². The summed E-state index contributed by atoms with van der Waals surface area (Å²) in [5.74, 6) is 0.